The molecule has 0 radical (unpaired) electrons. The first-order valence-electron chi connectivity index (χ1n) is 9.28. The van der Waals surface area contributed by atoms with E-state index in [1.54, 1.807) is 0 Å². The second kappa shape index (κ2) is 8.05. The molecule has 1 aromatic heterocycles. The van der Waals surface area contributed by atoms with Crippen LogP contribution in [0.25, 0.3) is 10.9 Å². The van der Waals surface area contributed by atoms with Crippen molar-refractivity contribution in [2.75, 3.05) is 18.1 Å². The number of nitrogens with zero attached hydrogens (tertiary/aromatic N) is 3. The fourth-order valence-electron chi connectivity index (χ4n) is 3.78. The second-order valence-corrected chi connectivity index (χ2v) is 8.97. The molecule has 3 unspecified atom stereocenters. The van der Waals surface area contributed by atoms with Gasteiger partial charge in [-0.3, -0.25) is 4.79 Å². The van der Waals surface area contributed by atoms with Gasteiger partial charge in [0, 0.05) is 24.6 Å². The topological polar surface area (TPSA) is 67.4 Å². The summed E-state index contributed by atoms with van der Waals surface area (Å²) in [6.07, 6.45) is 3.24. The molecule has 2 aromatic rings. The van der Waals surface area contributed by atoms with Gasteiger partial charge in [0.05, 0.1) is 9.57 Å². The van der Waals surface area contributed by atoms with Crippen LogP contribution in [0.3, 0.4) is 0 Å². The minimum atomic E-state index is -0.274. The summed E-state index contributed by atoms with van der Waals surface area (Å²) in [5.41, 5.74) is 2.01. The maximum Gasteiger partial charge on any atom is 0.249 e. The van der Waals surface area contributed by atoms with Gasteiger partial charge in [0.2, 0.25) is 11.2 Å². The van der Waals surface area contributed by atoms with E-state index < -0.39 is 0 Å². The zero-order valence-corrected chi connectivity index (χ0v) is 18.0. The summed E-state index contributed by atoms with van der Waals surface area (Å²) in [5, 5.41) is 4.44. The maximum absolute atomic E-state index is 12.3. The SMILES string of the molecule is Cc1ccc2c(N3CCC(NC(=O)C4CCCO4)CC3I)nc(Cl)nc2c1. The molecule has 0 spiro atoms. The van der Waals surface area contributed by atoms with Gasteiger partial charge in [-0.25, -0.2) is 4.98 Å². The Morgan fingerprint density at radius 2 is 2.22 bits per heavy atom. The van der Waals surface area contributed by atoms with Crippen molar-refractivity contribution in [1.29, 1.82) is 0 Å². The number of rotatable bonds is 3. The Morgan fingerprint density at radius 3 is 2.96 bits per heavy atom. The van der Waals surface area contributed by atoms with Crippen molar-refractivity contribution in [2.45, 2.75) is 48.8 Å². The zero-order valence-electron chi connectivity index (χ0n) is 15.1. The lowest BCUT2D eigenvalue weighted by Gasteiger charge is -2.38. The number of benzene rings is 1. The lowest BCUT2D eigenvalue weighted by Crippen LogP contribution is -2.50. The van der Waals surface area contributed by atoms with Crippen molar-refractivity contribution >= 4 is 56.8 Å². The summed E-state index contributed by atoms with van der Waals surface area (Å²) >= 11 is 8.61. The van der Waals surface area contributed by atoms with Gasteiger partial charge in [0.15, 0.2) is 0 Å². The van der Waals surface area contributed by atoms with Crippen molar-refractivity contribution in [3.8, 4) is 0 Å². The van der Waals surface area contributed by atoms with Gasteiger partial charge in [-0.15, -0.1) is 0 Å². The predicted octanol–water partition coefficient (Wildman–Crippen LogP) is 3.62. The molecule has 8 heteroatoms. The third-order valence-electron chi connectivity index (χ3n) is 5.18. The molecule has 1 aromatic carbocycles. The van der Waals surface area contributed by atoms with Crippen LogP contribution in [0.5, 0.6) is 0 Å². The average molecular weight is 501 g/mol. The Labute approximate surface area is 177 Å². The van der Waals surface area contributed by atoms with E-state index >= 15 is 0 Å². The Bertz CT molecular complexity index is 854. The van der Waals surface area contributed by atoms with Crippen molar-refractivity contribution in [2.24, 2.45) is 0 Å². The van der Waals surface area contributed by atoms with Gasteiger partial charge < -0.3 is 15.0 Å². The molecule has 2 aliphatic heterocycles. The number of piperidine rings is 1. The largest absolute Gasteiger partial charge is 0.368 e. The monoisotopic (exact) mass is 500 g/mol. The van der Waals surface area contributed by atoms with E-state index in [-0.39, 0.29) is 27.4 Å². The zero-order chi connectivity index (χ0) is 19.0. The molecule has 2 fully saturated rings. The lowest BCUT2D eigenvalue weighted by atomic mass is 10.0. The van der Waals surface area contributed by atoms with Crippen LogP contribution in [-0.4, -0.2) is 45.2 Å². The quantitative estimate of drug-likeness (QED) is 0.302. The molecule has 1 amide bonds. The highest BCUT2D eigenvalue weighted by molar-refractivity contribution is 14.1. The van der Waals surface area contributed by atoms with Crippen LogP contribution in [0.4, 0.5) is 5.82 Å². The first-order valence-corrected chi connectivity index (χ1v) is 10.9. The number of hydrogen-bond donors (Lipinski definition) is 1. The average Bonchev–Trinajstić information content (AvgIpc) is 3.15. The molecule has 6 nitrogen and oxygen atoms in total. The number of aryl methyl sites for hydroxylation is 1. The summed E-state index contributed by atoms with van der Waals surface area (Å²) in [6, 6.07) is 6.32. The Morgan fingerprint density at radius 1 is 1.37 bits per heavy atom. The molecular weight excluding hydrogens is 479 g/mol. The van der Waals surface area contributed by atoms with E-state index in [1.807, 2.05) is 13.0 Å². The number of amides is 1. The van der Waals surface area contributed by atoms with Crippen LogP contribution in [0.15, 0.2) is 18.2 Å². The number of fused-ring (bicyclic) bond motifs is 1. The van der Waals surface area contributed by atoms with Gasteiger partial charge in [0.1, 0.15) is 11.9 Å². The van der Waals surface area contributed by atoms with Gasteiger partial charge in [0.25, 0.3) is 0 Å². The molecule has 4 rings (SSSR count). The molecule has 27 heavy (non-hydrogen) atoms. The molecular formula is C19H22ClIN4O2. The van der Waals surface area contributed by atoms with Crippen molar-refractivity contribution in [1.82, 2.24) is 15.3 Å². The van der Waals surface area contributed by atoms with E-state index in [9.17, 15) is 4.79 Å². The fraction of sp³-hybridized carbons (Fsp3) is 0.526. The standard InChI is InChI=1S/C19H22ClIN4O2/c1-11-4-5-13-14(9-11)23-19(20)24-17(13)25-7-6-12(10-16(25)21)22-18(26)15-3-2-8-27-15/h4-5,9,12,15-16H,2-3,6-8,10H2,1H3,(H,22,26). The van der Waals surface area contributed by atoms with Gasteiger partial charge in [-0.1, -0.05) is 28.7 Å². The van der Waals surface area contributed by atoms with Gasteiger partial charge in [-0.05, 0) is 61.9 Å². The van der Waals surface area contributed by atoms with E-state index in [2.05, 4.69) is 54.9 Å². The highest BCUT2D eigenvalue weighted by Crippen LogP contribution is 2.33. The van der Waals surface area contributed by atoms with E-state index in [0.29, 0.717) is 6.61 Å². The Kier molecular flexibility index (Phi) is 5.70. The fourth-order valence-corrected chi connectivity index (χ4v) is 5.10. The summed E-state index contributed by atoms with van der Waals surface area (Å²) in [4.78, 5) is 23.5. The number of alkyl halides is 1. The molecule has 0 bridgehead atoms. The van der Waals surface area contributed by atoms with Crippen molar-refractivity contribution in [3.05, 3.63) is 29.0 Å². The van der Waals surface area contributed by atoms with Crippen molar-refractivity contribution < 1.29 is 9.53 Å². The smallest absolute Gasteiger partial charge is 0.249 e. The van der Waals surface area contributed by atoms with E-state index in [4.69, 9.17) is 16.3 Å². The molecule has 2 saturated heterocycles. The predicted molar refractivity (Wildman–Crippen MR) is 115 cm³/mol. The van der Waals surface area contributed by atoms with E-state index in [0.717, 1.165) is 54.5 Å². The van der Waals surface area contributed by atoms with Crippen LogP contribution in [0, 0.1) is 6.92 Å². The number of carbonyl (C=O) groups is 1. The molecule has 0 aliphatic carbocycles. The Hall–Kier alpha value is -1.19. The molecule has 2 aliphatic rings. The third kappa shape index (κ3) is 4.14. The van der Waals surface area contributed by atoms with Gasteiger partial charge >= 0.3 is 0 Å². The number of ether oxygens (including phenoxy) is 1. The highest BCUT2D eigenvalue weighted by Gasteiger charge is 2.32. The molecule has 0 saturated carbocycles. The van der Waals surface area contributed by atoms with E-state index in [1.165, 1.54) is 0 Å². The molecule has 3 heterocycles. The number of nitrogens with one attached hydrogen (secondary N) is 1. The molecule has 144 valence electrons. The number of halogens is 2. The first kappa shape index (κ1) is 19.1. The highest BCUT2D eigenvalue weighted by atomic mass is 127. The molecule has 3 atom stereocenters. The number of carbonyl (C=O) groups excluding carboxylic acids is 1. The Balaban J connectivity index is 1.50. The summed E-state index contributed by atoms with van der Waals surface area (Å²) < 4.78 is 5.70. The summed E-state index contributed by atoms with van der Waals surface area (Å²) in [7, 11) is 0. The lowest BCUT2D eigenvalue weighted by molar-refractivity contribution is -0.130. The minimum Gasteiger partial charge on any atom is -0.368 e. The van der Waals surface area contributed by atoms with Gasteiger partial charge in [-0.2, -0.15) is 4.98 Å². The minimum absolute atomic E-state index is 0.0283. The number of aromatic nitrogens is 2. The van der Waals surface area contributed by atoms with Crippen LogP contribution < -0.4 is 10.2 Å². The maximum atomic E-state index is 12.3. The third-order valence-corrected chi connectivity index (χ3v) is 6.53. The summed E-state index contributed by atoms with van der Waals surface area (Å²) in [5.74, 6) is 0.897. The normalized spacial score (nSPS) is 25.7. The van der Waals surface area contributed by atoms with Crippen LogP contribution in [0.1, 0.15) is 31.2 Å². The summed E-state index contributed by atoms with van der Waals surface area (Å²) in [6.45, 7) is 3.53. The van der Waals surface area contributed by atoms with Crippen molar-refractivity contribution in [3.63, 3.8) is 0 Å². The second-order valence-electron chi connectivity index (χ2n) is 7.20. The van der Waals surface area contributed by atoms with Crippen LogP contribution in [0.2, 0.25) is 5.28 Å². The molecule has 1 N–H and O–H groups in total. The van der Waals surface area contributed by atoms with Crippen LogP contribution in [-0.2, 0) is 9.53 Å². The first-order chi connectivity index (χ1) is 13.0. The number of anilines is 1. The van der Waals surface area contributed by atoms with Crippen LogP contribution >= 0.6 is 34.2 Å². The number of hydrogen-bond acceptors (Lipinski definition) is 5.